The summed E-state index contributed by atoms with van der Waals surface area (Å²) in [4.78, 5) is 12.4. The molecule has 47 heavy (non-hydrogen) atoms. The number of carbonyl (C=O) groups is 1. The minimum absolute atomic E-state index is 0.142. The molecule has 0 aromatic heterocycles. The van der Waals surface area contributed by atoms with Crippen LogP contribution < -0.4 is 5.32 Å². The van der Waals surface area contributed by atoms with Gasteiger partial charge in [-0.05, 0) is 12.8 Å². The normalized spacial score (nSPS) is 13.6. The molecule has 0 spiro atoms. The summed E-state index contributed by atoms with van der Waals surface area (Å²) in [5, 5.41) is 33.5. The largest absolute Gasteiger partial charge is 0.394 e. The maximum absolute atomic E-state index is 12.4. The molecule has 0 saturated heterocycles. The van der Waals surface area contributed by atoms with E-state index in [2.05, 4.69) is 19.2 Å². The third-order valence-electron chi connectivity index (χ3n) is 10.2. The topological polar surface area (TPSA) is 89.8 Å². The first-order valence-corrected chi connectivity index (χ1v) is 21.3. The van der Waals surface area contributed by atoms with Gasteiger partial charge in [-0.3, -0.25) is 4.79 Å². The van der Waals surface area contributed by atoms with Crippen molar-refractivity contribution in [2.24, 2.45) is 0 Å². The van der Waals surface area contributed by atoms with Crippen LogP contribution in [0.25, 0.3) is 0 Å². The van der Waals surface area contributed by atoms with Gasteiger partial charge in [-0.25, -0.2) is 0 Å². The Balaban J connectivity index is 3.58. The fraction of sp³-hybridized carbons (Fsp3) is 0.976. The Morgan fingerprint density at radius 1 is 0.447 bits per heavy atom. The van der Waals surface area contributed by atoms with Crippen LogP contribution in [0.1, 0.15) is 239 Å². The number of rotatable bonds is 39. The van der Waals surface area contributed by atoms with E-state index in [1.54, 1.807) is 0 Å². The maximum Gasteiger partial charge on any atom is 0.220 e. The SMILES string of the molecule is CCCCCCCCCCCCCCCCCCCCCCC(O)[C@@H](O)C(CO)NC(=O)CCCCCCCCCCCCCCC. The Morgan fingerprint density at radius 2 is 0.723 bits per heavy atom. The fourth-order valence-electron chi connectivity index (χ4n) is 6.87. The first-order valence-electron chi connectivity index (χ1n) is 21.3. The summed E-state index contributed by atoms with van der Waals surface area (Å²) in [5.74, 6) is -0.142. The summed E-state index contributed by atoms with van der Waals surface area (Å²) in [6.07, 6.45) is 42.0. The lowest BCUT2D eigenvalue weighted by atomic mass is 9.99. The first-order chi connectivity index (χ1) is 23.1. The summed E-state index contributed by atoms with van der Waals surface area (Å²) in [6, 6.07) is -0.801. The molecule has 0 aliphatic carbocycles. The van der Waals surface area contributed by atoms with Gasteiger partial charge in [-0.1, -0.05) is 219 Å². The molecule has 2 unspecified atom stereocenters. The van der Waals surface area contributed by atoms with E-state index in [1.165, 1.54) is 180 Å². The average molecular weight is 668 g/mol. The van der Waals surface area contributed by atoms with Crippen LogP contribution in [0.5, 0.6) is 0 Å². The average Bonchev–Trinajstić information content (AvgIpc) is 3.07. The van der Waals surface area contributed by atoms with Gasteiger partial charge in [0.05, 0.1) is 18.8 Å². The van der Waals surface area contributed by atoms with Crippen LogP contribution >= 0.6 is 0 Å². The number of hydrogen-bond acceptors (Lipinski definition) is 4. The molecule has 0 bridgehead atoms. The summed E-state index contributed by atoms with van der Waals surface area (Å²) >= 11 is 0. The van der Waals surface area contributed by atoms with Crippen molar-refractivity contribution in [3.05, 3.63) is 0 Å². The highest BCUT2D eigenvalue weighted by Crippen LogP contribution is 2.17. The van der Waals surface area contributed by atoms with Gasteiger partial charge in [0.2, 0.25) is 5.91 Å². The second-order valence-electron chi connectivity index (χ2n) is 14.9. The Kier molecular flexibility index (Phi) is 37.6. The molecule has 0 aliphatic rings. The van der Waals surface area contributed by atoms with Crippen LogP contribution in [0.2, 0.25) is 0 Å². The Morgan fingerprint density at radius 3 is 1.02 bits per heavy atom. The zero-order valence-corrected chi connectivity index (χ0v) is 31.9. The van der Waals surface area contributed by atoms with Crippen molar-refractivity contribution in [1.29, 1.82) is 0 Å². The van der Waals surface area contributed by atoms with Crippen molar-refractivity contribution in [2.75, 3.05) is 6.61 Å². The molecule has 4 N–H and O–H groups in total. The highest BCUT2D eigenvalue weighted by Gasteiger charge is 2.26. The van der Waals surface area contributed by atoms with Gasteiger partial charge in [0, 0.05) is 6.42 Å². The van der Waals surface area contributed by atoms with Crippen LogP contribution in [-0.4, -0.2) is 46.1 Å². The minimum atomic E-state index is -1.13. The van der Waals surface area contributed by atoms with Crippen molar-refractivity contribution in [3.63, 3.8) is 0 Å². The van der Waals surface area contributed by atoms with Crippen molar-refractivity contribution in [2.45, 2.75) is 257 Å². The molecular weight excluding hydrogens is 582 g/mol. The summed E-state index contributed by atoms with van der Waals surface area (Å²) in [5.41, 5.74) is 0. The number of aliphatic hydroxyl groups excluding tert-OH is 3. The van der Waals surface area contributed by atoms with Crippen LogP contribution in [-0.2, 0) is 4.79 Å². The van der Waals surface area contributed by atoms with Crippen LogP contribution in [0.3, 0.4) is 0 Å². The molecule has 0 aromatic rings. The number of unbranched alkanes of at least 4 members (excludes halogenated alkanes) is 31. The highest BCUT2D eigenvalue weighted by molar-refractivity contribution is 5.76. The Bertz CT molecular complexity index is 615. The number of nitrogens with one attached hydrogen (secondary N) is 1. The van der Waals surface area contributed by atoms with Gasteiger partial charge in [-0.2, -0.15) is 0 Å². The van der Waals surface area contributed by atoms with E-state index >= 15 is 0 Å². The molecule has 0 saturated carbocycles. The van der Waals surface area contributed by atoms with E-state index in [-0.39, 0.29) is 12.5 Å². The van der Waals surface area contributed by atoms with E-state index in [0.29, 0.717) is 12.8 Å². The lowest BCUT2D eigenvalue weighted by Crippen LogP contribution is -2.50. The van der Waals surface area contributed by atoms with Gasteiger partial charge in [0.1, 0.15) is 6.10 Å². The molecule has 0 aromatic carbocycles. The van der Waals surface area contributed by atoms with E-state index in [4.69, 9.17) is 0 Å². The quantitative estimate of drug-likeness (QED) is 0.0491. The number of hydrogen-bond donors (Lipinski definition) is 4. The van der Waals surface area contributed by atoms with Crippen molar-refractivity contribution in [3.8, 4) is 0 Å². The van der Waals surface area contributed by atoms with Crippen molar-refractivity contribution < 1.29 is 20.1 Å². The molecule has 1 amide bonds. The summed E-state index contributed by atoms with van der Waals surface area (Å²) in [6.45, 7) is 4.19. The number of amides is 1. The van der Waals surface area contributed by atoms with E-state index < -0.39 is 18.2 Å². The third kappa shape index (κ3) is 33.6. The predicted octanol–water partition coefficient (Wildman–Crippen LogP) is 11.9. The highest BCUT2D eigenvalue weighted by atomic mass is 16.3. The van der Waals surface area contributed by atoms with Crippen LogP contribution in [0, 0.1) is 0 Å². The monoisotopic (exact) mass is 668 g/mol. The van der Waals surface area contributed by atoms with Crippen molar-refractivity contribution in [1.82, 2.24) is 5.32 Å². The Labute approximate surface area is 294 Å². The first kappa shape index (κ1) is 46.4. The van der Waals surface area contributed by atoms with Crippen LogP contribution in [0.15, 0.2) is 0 Å². The zero-order chi connectivity index (χ0) is 34.5. The van der Waals surface area contributed by atoms with Gasteiger partial charge in [-0.15, -0.1) is 0 Å². The fourth-order valence-corrected chi connectivity index (χ4v) is 6.87. The summed E-state index contributed by atoms with van der Waals surface area (Å²) in [7, 11) is 0. The maximum atomic E-state index is 12.4. The number of carbonyl (C=O) groups excluding carboxylic acids is 1. The molecule has 0 aliphatic heterocycles. The lowest BCUT2D eigenvalue weighted by Gasteiger charge is -2.26. The Hall–Kier alpha value is -0.650. The molecular formula is C42H85NO4. The van der Waals surface area contributed by atoms with Gasteiger partial charge in [0.15, 0.2) is 0 Å². The molecule has 282 valence electrons. The van der Waals surface area contributed by atoms with Gasteiger partial charge in [0.25, 0.3) is 0 Å². The molecule has 5 heteroatoms. The zero-order valence-electron chi connectivity index (χ0n) is 31.9. The second kappa shape index (κ2) is 38.2. The molecule has 3 atom stereocenters. The molecule has 0 radical (unpaired) electrons. The number of aliphatic hydroxyl groups is 3. The smallest absolute Gasteiger partial charge is 0.220 e. The van der Waals surface area contributed by atoms with Crippen LogP contribution in [0.4, 0.5) is 0 Å². The standard InChI is InChI=1S/C42H85NO4/c1-3-5-7-9-11-13-15-17-18-19-20-21-22-23-25-26-28-30-32-34-36-40(45)42(47)39(38-44)43-41(46)37-35-33-31-29-27-24-16-14-12-10-8-6-4-2/h39-40,42,44-45,47H,3-38H2,1-2H3,(H,43,46)/t39?,40?,42-/m0/s1. The molecule has 0 heterocycles. The second-order valence-corrected chi connectivity index (χ2v) is 14.9. The van der Waals surface area contributed by atoms with Crippen molar-refractivity contribution >= 4 is 5.91 Å². The van der Waals surface area contributed by atoms with Gasteiger partial charge < -0.3 is 20.6 Å². The molecule has 0 fully saturated rings. The van der Waals surface area contributed by atoms with E-state index in [9.17, 15) is 20.1 Å². The van der Waals surface area contributed by atoms with E-state index in [1.807, 2.05) is 0 Å². The third-order valence-corrected chi connectivity index (χ3v) is 10.2. The molecule has 0 rings (SSSR count). The molecule has 5 nitrogen and oxygen atoms in total. The lowest BCUT2D eigenvalue weighted by molar-refractivity contribution is -0.124. The van der Waals surface area contributed by atoms with E-state index in [0.717, 1.165) is 32.1 Å². The summed E-state index contributed by atoms with van der Waals surface area (Å²) < 4.78 is 0. The minimum Gasteiger partial charge on any atom is -0.394 e. The predicted molar refractivity (Wildman–Crippen MR) is 204 cm³/mol. The van der Waals surface area contributed by atoms with Gasteiger partial charge >= 0.3 is 0 Å².